The second kappa shape index (κ2) is 9.15. The standard InChI is InChI=1S/C23H15ClN4O3/c24-21-19(31-18-11-12-20(26-15-18)28(29)30)13-14-25-23(21)27-22(16-7-3-1-4-8-16)17-9-5-2-6-10-17/h1-15H. The summed E-state index contributed by atoms with van der Waals surface area (Å²) in [6.45, 7) is 0. The summed E-state index contributed by atoms with van der Waals surface area (Å²) in [7, 11) is 0. The summed E-state index contributed by atoms with van der Waals surface area (Å²) < 4.78 is 5.75. The number of pyridine rings is 2. The zero-order chi connectivity index (χ0) is 21.6. The van der Waals surface area contributed by atoms with Crippen molar-refractivity contribution in [2.45, 2.75) is 0 Å². The molecule has 0 radical (unpaired) electrons. The highest BCUT2D eigenvalue weighted by molar-refractivity contribution is 6.34. The first kappa shape index (κ1) is 20.2. The SMILES string of the molecule is O=[N+]([O-])c1ccc(Oc2ccnc(N=C(c3ccccc3)c3ccccc3)c2Cl)cn1. The molecular formula is C23H15ClN4O3. The van der Waals surface area contributed by atoms with Gasteiger partial charge < -0.3 is 14.9 Å². The van der Waals surface area contributed by atoms with Crippen LogP contribution < -0.4 is 4.74 Å². The highest BCUT2D eigenvalue weighted by Gasteiger charge is 2.14. The van der Waals surface area contributed by atoms with E-state index in [-0.39, 0.29) is 16.7 Å². The smallest absolute Gasteiger partial charge is 0.363 e. The molecule has 2 heterocycles. The number of hydrogen-bond donors (Lipinski definition) is 0. The summed E-state index contributed by atoms with van der Waals surface area (Å²) >= 11 is 6.54. The Balaban J connectivity index is 1.72. The van der Waals surface area contributed by atoms with Crippen molar-refractivity contribution in [3.8, 4) is 11.5 Å². The van der Waals surface area contributed by atoms with Crippen LogP contribution >= 0.6 is 11.6 Å². The van der Waals surface area contributed by atoms with Crippen LogP contribution in [0.2, 0.25) is 5.02 Å². The van der Waals surface area contributed by atoms with Crippen molar-refractivity contribution in [3.63, 3.8) is 0 Å². The van der Waals surface area contributed by atoms with E-state index in [2.05, 4.69) is 9.97 Å². The fraction of sp³-hybridized carbons (Fsp3) is 0. The minimum atomic E-state index is -0.579. The highest BCUT2D eigenvalue weighted by atomic mass is 35.5. The highest BCUT2D eigenvalue weighted by Crippen LogP contribution is 2.35. The molecule has 0 fully saturated rings. The van der Waals surface area contributed by atoms with Gasteiger partial charge in [0.1, 0.15) is 5.02 Å². The van der Waals surface area contributed by atoms with Gasteiger partial charge in [-0.2, -0.15) is 0 Å². The molecule has 0 aliphatic carbocycles. The second-order valence-corrected chi connectivity index (χ2v) is 6.73. The maximum absolute atomic E-state index is 10.8. The fourth-order valence-electron chi connectivity index (χ4n) is 2.83. The van der Waals surface area contributed by atoms with Crippen LogP contribution in [0.25, 0.3) is 0 Å². The number of nitrogens with zero attached hydrogens (tertiary/aromatic N) is 4. The van der Waals surface area contributed by atoms with Gasteiger partial charge in [0.15, 0.2) is 23.5 Å². The van der Waals surface area contributed by atoms with Crippen LogP contribution in [-0.4, -0.2) is 20.6 Å². The molecule has 0 unspecified atom stereocenters. The molecule has 0 amide bonds. The van der Waals surface area contributed by atoms with Crippen LogP contribution in [0.3, 0.4) is 0 Å². The zero-order valence-corrected chi connectivity index (χ0v) is 16.8. The number of hydrogen-bond acceptors (Lipinski definition) is 6. The molecule has 0 aliphatic rings. The van der Waals surface area contributed by atoms with Gasteiger partial charge in [0.2, 0.25) is 0 Å². The lowest BCUT2D eigenvalue weighted by Gasteiger charge is -2.10. The van der Waals surface area contributed by atoms with E-state index in [4.69, 9.17) is 21.3 Å². The van der Waals surface area contributed by atoms with Crippen molar-refractivity contribution in [1.82, 2.24) is 9.97 Å². The predicted octanol–water partition coefficient (Wildman–Crippen LogP) is 6.00. The summed E-state index contributed by atoms with van der Waals surface area (Å²) in [5.41, 5.74) is 2.54. The van der Waals surface area contributed by atoms with E-state index in [1.165, 1.54) is 24.5 Å². The molecule has 4 rings (SSSR count). The number of benzene rings is 2. The second-order valence-electron chi connectivity index (χ2n) is 6.35. The van der Waals surface area contributed by atoms with Gasteiger partial charge in [0.05, 0.1) is 5.71 Å². The Bertz CT molecular complexity index is 1190. The minimum Gasteiger partial charge on any atom is -0.452 e. The summed E-state index contributed by atoms with van der Waals surface area (Å²) in [4.78, 5) is 23.0. The average Bonchev–Trinajstić information content (AvgIpc) is 2.81. The number of aliphatic imine (C=N–C) groups is 1. The third kappa shape index (κ3) is 4.73. The molecule has 0 spiro atoms. The molecule has 7 nitrogen and oxygen atoms in total. The van der Waals surface area contributed by atoms with Crippen LogP contribution in [0.4, 0.5) is 11.6 Å². The molecule has 0 saturated heterocycles. The Kier molecular flexibility index (Phi) is 5.96. The average molecular weight is 431 g/mol. The summed E-state index contributed by atoms with van der Waals surface area (Å²) in [5, 5.41) is 11.0. The zero-order valence-electron chi connectivity index (χ0n) is 16.1. The molecule has 0 saturated carbocycles. The Morgan fingerprint density at radius 2 is 1.55 bits per heavy atom. The van der Waals surface area contributed by atoms with Crippen molar-refractivity contribution < 1.29 is 9.66 Å². The van der Waals surface area contributed by atoms with Gasteiger partial charge in [-0.15, -0.1) is 0 Å². The third-order valence-electron chi connectivity index (χ3n) is 4.28. The molecule has 31 heavy (non-hydrogen) atoms. The topological polar surface area (TPSA) is 90.5 Å². The van der Waals surface area contributed by atoms with E-state index in [1.807, 2.05) is 60.7 Å². The first-order valence-corrected chi connectivity index (χ1v) is 9.62. The normalized spacial score (nSPS) is 10.4. The van der Waals surface area contributed by atoms with E-state index in [0.717, 1.165) is 11.1 Å². The molecule has 0 bridgehead atoms. The van der Waals surface area contributed by atoms with Crippen LogP contribution in [0.5, 0.6) is 11.5 Å². The number of halogens is 1. The Labute approximate surface area is 182 Å². The lowest BCUT2D eigenvalue weighted by atomic mass is 10.0. The first-order valence-electron chi connectivity index (χ1n) is 9.24. The summed E-state index contributed by atoms with van der Waals surface area (Å²) in [6.07, 6.45) is 2.80. The fourth-order valence-corrected chi connectivity index (χ4v) is 3.03. The molecule has 0 atom stereocenters. The molecule has 0 aliphatic heterocycles. The van der Waals surface area contributed by atoms with Gasteiger partial charge in [-0.3, -0.25) is 0 Å². The number of aromatic nitrogens is 2. The van der Waals surface area contributed by atoms with Crippen LogP contribution in [0, 0.1) is 10.1 Å². The number of nitro groups is 1. The quantitative estimate of drug-likeness (QED) is 0.212. The Hall–Kier alpha value is -4.10. The van der Waals surface area contributed by atoms with E-state index < -0.39 is 4.92 Å². The van der Waals surface area contributed by atoms with Gasteiger partial charge in [-0.05, 0) is 16.0 Å². The molecule has 2 aromatic carbocycles. The molecule has 4 aromatic rings. The summed E-state index contributed by atoms with van der Waals surface area (Å²) in [5.74, 6) is 0.636. The van der Waals surface area contributed by atoms with E-state index in [0.29, 0.717) is 17.2 Å². The van der Waals surface area contributed by atoms with E-state index in [9.17, 15) is 10.1 Å². The molecule has 2 aromatic heterocycles. The monoisotopic (exact) mass is 430 g/mol. The lowest BCUT2D eigenvalue weighted by molar-refractivity contribution is -0.389. The Morgan fingerprint density at radius 3 is 2.10 bits per heavy atom. The maximum atomic E-state index is 10.8. The van der Waals surface area contributed by atoms with Crippen LogP contribution in [0.1, 0.15) is 11.1 Å². The molecular weight excluding hydrogens is 416 g/mol. The van der Waals surface area contributed by atoms with Gasteiger partial charge >= 0.3 is 5.82 Å². The van der Waals surface area contributed by atoms with E-state index >= 15 is 0 Å². The van der Waals surface area contributed by atoms with Crippen LogP contribution in [0.15, 0.2) is 96.2 Å². The minimum absolute atomic E-state index is 0.213. The van der Waals surface area contributed by atoms with Crippen molar-refractivity contribution in [2.75, 3.05) is 0 Å². The lowest BCUT2D eigenvalue weighted by Crippen LogP contribution is -2.03. The van der Waals surface area contributed by atoms with Crippen molar-refractivity contribution >= 4 is 28.9 Å². The number of rotatable bonds is 6. The molecule has 8 heteroatoms. The summed E-state index contributed by atoms with van der Waals surface area (Å²) in [6, 6.07) is 23.7. The first-order chi connectivity index (χ1) is 15.1. The van der Waals surface area contributed by atoms with Crippen molar-refractivity contribution in [2.24, 2.45) is 4.99 Å². The molecule has 152 valence electrons. The third-order valence-corrected chi connectivity index (χ3v) is 4.64. The van der Waals surface area contributed by atoms with Gasteiger partial charge in [-0.25, -0.2) is 9.98 Å². The maximum Gasteiger partial charge on any atom is 0.363 e. The van der Waals surface area contributed by atoms with Gasteiger partial charge in [0, 0.05) is 29.5 Å². The van der Waals surface area contributed by atoms with Crippen molar-refractivity contribution in [3.05, 3.63) is 118 Å². The number of ether oxygens (including phenoxy) is 1. The van der Waals surface area contributed by atoms with E-state index in [1.54, 1.807) is 6.07 Å². The largest absolute Gasteiger partial charge is 0.452 e. The Morgan fingerprint density at radius 1 is 0.903 bits per heavy atom. The predicted molar refractivity (Wildman–Crippen MR) is 118 cm³/mol. The van der Waals surface area contributed by atoms with Crippen molar-refractivity contribution in [1.29, 1.82) is 0 Å². The van der Waals surface area contributed by atoms with Crippen LogP contribution in [-0.2, 0) is 0 Å². The van der Waals surface area contributed by atoms with Gasteiger partial charge in [0.25, 0.3) is 0 Å². The molecule has 0 N–H and O–H groups in total. The van der Waals surface area contributed by atoms with Gasteiger partial charge in [-0.1, -0.05) is 72.3 Å².